The van der Waals surface area contributed by atoms with Crippen molar-refractivity contribution in [2.75, 3.05) is 13.1 Å². The number of aromatic amines is 1. The molecular weight excluding hydrogens is 220 g/mol. The predicted octanol–water partition coefficient (Wildman–Crippen LogP) is 1.52. The molecule has 0 radical (unpaired) electrons. The van der Waals surface area contributed by atoms with Gasteiger partial charge in [-0.05, 0) is 44.0 Å². The van der Waals surface area contributed by atoms with Crippen LogP contribution < -0.4 is 10.6 Å². The average Bonchev–Trinajstić information content (AvgIpc) is 2.67. The summed E-state index contributed by atoms with van der Waals surface area (Å²) in [5.41, 5.74) is 2.45. The molecule has 1 heterocycles. The first-order chi connectivity index (χ1) is 7.74. The van der Waals surface area contributed by atoms with Gasteiger partial charge < -0.3 is 10.6 Å². The maximum Gasteiger partial charge on any atom is 0.166 e. The van der Waals surface area contributed by atoms with Gasteiger partial charge in [-0.15, -0.1) is 0 Å². The van der Waals surface area contributed by atoms with Crippen molar-refractivity contribution in [1.29, 1.82) is 0 Å². The molecule has 90 valence electrons. The van der Waals surface area contributed by atoms with Gasteiger partial charge in [0.25, 0.3) is 0 Å². The zero-order valence-electron chi connectivity index (χ0n) is 9.97. The quantitative estimate of drug-likeness (QED) is 0.521. The first kappa shape index (κ1) is 13.0. The number of thiocarbonyl (C=S) groups is 1. The molecule has 0 fully saturated rings. The normalized spacial score (nSPS) is 10.1. The van der Waals surface area contributed by atoms with Gasteiger partial charge in [-0.3, -0.25) is 5.10 Å². The van der Waals surface area contributed by atoms with E-state index < -0.39 is 0 Å². The zero-order chi connectivity index (χ0) is 11.8. The molecule has 5 heteroatoms. The van der Waals surface area contributed by atoms with Crippen LogP contribution in [0, 0.1) is 6.92 Å². The molecule has 0 saturated carbocycles. The van der Waals surface area contributed by atoms with Crippen molar-refractivity contribution in [3.8, 4) is 0 Å². The Balaban J connectivity index is 2.08. The van der Waals surface area contributed by atoms with E-state index in [1.165, 1.54) is 5.56 Å². The lowest BCUT2D eigenvalue weighted by Crippen LogP contribution is -2.36. The van der Waals surface area contributed by atoms with Crippen molar-refractivity contribution in [3.05, 3.63) is 17.5 Å². The highest BCUT2D eigenvalue weighted by Crippen LogP contribution is 2.04. The summed E-state index contributed by atoms with van der Waals surface area (Å²) in [5.74, 6) is 0. The molecular formula is C11H20N4S. The lowest BCUT2D eigenvalue weighted by molar-refractivity contribution is 0.745. The molecule has 4 nitrogen and oxygen atoms in total. The van der Waals surface area contributed by atoms with Crippen molar-refractivity contribution >= 4 is 17.3 Å². The van der Waals surface area contributed by atoms with Crippen molar-refractivity contribution in [2.24, 2.45) is 0 Å². The molecule has 0 aliphatic rings. The minimum absolute atomic E-state index is 0.755. The second-order valence-corrected chi connectivity index (χ2v) is 4.21. The van der Waals surface area contributed by atoms with Crippen molar-refractivity contribution in [1.82, 2.24) is 20.8 Å². The molecule has 3 N–H and O–H groups in total. The molecule has 1 aromatic rings. The van der Waals surface area contributed by atoms with Crippen molar-refractivity contribution in [2.45, 2.75) is 33.1 Å². The number of hydrogen-bond acceptors (Lipinski definition) is 2. The van der Waals surface area contributed by atoms with E-state index in [1.807, 2.05) is 13.1 Å². The number of nitrogens with one attached hydrogen (secondary N) is 3. The van der Waals surface area contributed by atoms with Gasteiger partial charge in [0, 0.05) is 18.8 Å². The monoisotopic (exact) mass is 240 g/mol. The first-order valence-corrected chi connectivity index (χ1v) is 6.15. The molecule has 0 bridgehead atoms. The fourth-order valence-corrected chi connectivity index (χ4v) is 1.61. The predicted molar refractivity (Wildman–Crippen MR) is 70.5 cm³/mol. The Labute approximate surface area is 102 Å². The van der Waals surface area contributed by atoms with Crippen LogP contribution in [-0.4, -0.2) is 28.4 Å². The lowest BCUT2D eigenvalue weighted by atomic mass is 10.1. The molecule has 1 aromatic heterocycles. The van der Waals surface area contributed by atoms with E-state index in [-0.39, 0.29) is 0 Å². The molecule has 0 spiro atoms. The average molecular weight is 240 g/mol. The largest absolute Gasteiger partial charge is 0.363 e. The maximum absolute atomic E-state index is 5.12. The van der Waals surface area contributed by atoms with Gasteiger partial charge >= 0.3 is 0 Å². The van der Waals surface area contributed by atoms with E-state index in [2.05, 4.69) is 27.8 Å². The van der Waals surface area contributed by atoms with Gasteiger partial charge in [0.1, 0.15) is 0 Å². The Morgan fingerprint density at radius 1 is 1.44 bits per heavy atom. The highest BCUT2D eigenvalue weighted by molar-refractivity contribution is 7.80. The highest BCUT2D eigenvalue weighted by Gasteiger charge is 1.99. The van der Waals surface area contributed by atoms with Gasteiger partial charge in [0.15, 0.2) is 5.11 Å². The van der Waals surface area contributed by atoms with E-state index in [9.17, 15) is 0 Å². The maximum atomic E-state index is 5.12. The summed E-state index contributed by atoms with van der Waals surface area (Å²) in [4.78, 5) is 0. The van der Waals surface area contributed by atoms with Crippen LogP contribution in [0.2, 0.25) is 0 Å². The Kier molecular flexibility index (Phi) is 5.85. The second-order valence-electron chi connectivity index (χ2n) is 3.81. The van der Waals surface area contributed by atoms with Gasteiger partial charge in [0.2, 0.25) is 0 Å². The number of hydrogen-bond donors (Lipinski definition) is 3. The van der Waals surface area contributed by atoms with Crippen LogP contribution in [0.4, 0.5) is 0 Å². The lowest BCUT2D eigenvalue weighted by Gasteiger charge is -2.08. The smallest absolute Gasteiger partial charge is 0.166 e. The van der Waals surface area contributed by atoms with Gasteiger partial charge in [-0.2, -0.15) is 5.10 Å². The van der Waals surface area contributed by atoms with Gasteiger partial charge in [-0.25, -0.2) is 0 Å². The van der Waals surface area contributed by atoms with Gasteiger partial charge in [-0.1, -0.05) is 6.92 Å². The number of aromatic nitrogens is 2. The first-order valence-electron chi connectivity index (χ1n) is 5.74. The molecule has 16 heavy (non-hydrogen) atoms. The van der Waals surface area contributed by atoms with Crippen LogP contribution in [0.1, 0.15) is 31.0 Å². The highest BCUT2D eigenvalue weighted by atomic mass is 32.1. The molecule has 0 saturated heterocycles. The van der Waals surface area contributed by atoms with E-state index >= 15 is 0 Å². The van der Waals surface area contributed by atoms with Gasteiger partial charge in [0.05, 0.1) is 6.20 Å². The summed E-state index contributed by atoms with van der Waals surface area (Å²) < 4.78 is 0. The summed E-state index contributed by atoms with van der Waals surface area (Å²) in [6, 6.07) is 0. The van der Waals surface area contributed by atoms with Crippen LogP contribution in [0.25, 0.3) is 0 Å². The molecule has 0 atom stereocenters. The topological polar surface area (TPSA) is 52.7 Å². The summed E-state index contributed by atoms with van der Waals surface area (Å²) in [6.45, 7) is 6.01. The molecule has 0 amide bonds. The van der Waals surface area contributed by atoms with Crippen molar-refractivity contribution in [3.63, 3.8) is 0 Å². The molecule has 0 aromatic carbocycles. The SMILES string of the molecule is CCCNC(=S)NCCCc1cn[nH]c1C. The third-order valence-corrected chi connectivity index (χ3v) is 2.67. The zero-order valence-corrected chi connectivity index (χ0v) is 10.8. The minimum Gasteiger partial charge on any atom is -0.363 e. The molecule has 1 rings (SSSR count). The molecule has 0 unspecified atom stereocenters. The fraction of sp³-hybridized carbons (Fsp3) is 0.636. The summed E-state index contributed by atoms with van der Waals surface area (Å²) in [7, 11) is 0. The van der Waals surface area contributed by atoms with E-state index in [0.29, 0.717) is 0 Å². The number of aryl methyl sites for hydroxylation is 2. The Bertz CT molecular complexity index is 322. The Morgan fingerprint density at radius 2 is 2.19 bits per heavy atom. The van der Waals surface area contributed by atoms with Crippen LogP contribution in [0.5, 0.6) is 0 Å². The van der Waals surface area contributed by atoms with E-state index in [0.717, 1.165) is 43.2 Å². The summed E-state index contributed by atoms with van der Waals surface area (Å²) in [5, 5.41) is 14.0. The number of rotatable bonds is 6. The Morgan fingerprint density at radius 3 is 2.81 bits per heavy atom. The third kappa shape index (κ3) is 4.61. The third-order valence-electron chi connectivity index (χ3n) is 2.38. The van der Waals surface area contributed by atoms with E-state index in [1.54, 1.807) is 0 Å². The van der Waals surface area contributed by atoms with Crippen molar-refractivity contribution < 1.29 is 0 Å². The fourth-order valence-electron chi connectivity index (χ4n) is 1.41. The second kappa shape index (κ2) is 7.22. The standard InChI is InChI=1S/C11H20N4S/c1-3-6-12-11(16)13-7-4-5-10-8-14-15-9(10)2/h8H,3-7H2,1-2H3,(H,14,15)(H2,12,13,16). The minimum atomic E-state index is 0.755. The number of nitrogens with zero attached hydrogens (tertiary/aromatic N) is 1. The van der Waals surface area contributed by atoms with Crippen LogP contribution >= 0.6 is 12.2 Å². The summed E-state index contributed by atoms with van der Waals surface area (Å²) >= 11 is 5.12. The Hall–Kier alpha value is -1.10. The summed E-state index contributed by atoms with van der Waals surface area (Å²) in [6.07, 6.45) is 5.08. The van der Waals surface area contributed by atoms with Crippen LogP contribution in [0.3, 0.4) is 0 Å². The van der Waals surface area contributed by atoms with Crippen LogP contribution in [0.15, 0.2) is 6.20 Å². The molecule has 0 aliphatic heterocycles. The number of H-pyrrole nitrogens is 1. The van der Waals surface area contributed by atoms with E-state index in [4.69, 9.17) is 12.2 Å². The molecule has 0 aliphatic carbocycles. The van der Waals surface area contributed by atoms with Crippen LogP contribution in [-0.2, 0) is 6.42 Å².